The zero-order chi connectivity index (χ0) is 41.2. The molecule has 15 heteroatoms. The molecule has 0 radical (unpaired) electrons. The molecule has 0 saturated heterocycles. The van der Waals surface area contributed by atoms with Crippen molar-refractivity contribution in [2.24, 2.45) is 5.92 Å². The Kier molecular flexibility index (Phi) is 16.1. The highest BCUT2D eigenvalue weighted by Crippen LogP contribution is 2.30. The maximum Gasteiger partial charge on any atom is 0.416 e. The summed E-state index contributed by atoms with van der Waals surface area (Å²) in [7, 11) is 2.45. The fraction of sp³-hybridized carbons (Fsp3) is 0.564. The fourth-order valence-electron chi connectivity index (χ4n) is 5.13. The number of hydrogen-bond donors (Lipinski definition) is 0. The highest BCUT2D eigenvalue weighted by atomic mass is 19.4. The molecule has 11 nitrogen and oxygen atoms in total. The van der Waals surface area contributed by atoms with Crippen LogP contribution in [0, 0.1) is 5.92 Å². The van der Waals surface area contributed by atoms with Crippen LogP contribution in [0.25, 0.3) is 0 Å². The van der Waals surface area contributed by atoms with Crippen LogP contribution >= 0.6 is 0 Å². The number of hydrogen-bond acceptors (Lipinski definition) is 9. The lowest BCUT2D eigenvalue weighted by atomic mass is 9.99. The summed E-state index contributed by atoms with van der Waals surface area (Å²) in [5.41, 5.74) is -3.10. The zero-order valence-corrected chi connectivity index (χ0v) is 32.5. The smallest absolute Gasteiger partial charge is 0.416 e. The van der Waals surface area contributed by atoms with Crippen LogP contribution in [0.3, 0.4) is 0 Å². The number of carbonyl (C=O) groups is 5. The Balaban J connectivity index is 2.45. The molecule has 54 heavy (non-hydrogen) atoms. The highest BCUT2D eigenvalue weighted by molar-refractivity contribution is 5.90. The standard InChI is InChI=1S/C39H52F4N2O9/c1-24(2)20-29(34(48)52-25(3)33(47)51-23-27-14-12-11-13-15-27)44(9)32(46)31(21-26-16-18-28(19-17-26)39(41,42)43)53-35(49)30(22-38(7,8)40)45(10)36(50)54-37(4,5)6/h11-19,24-25,29-31H,20-23H2,1-10H3. The van der Waals surface area contributed by atoms with Crippen LogP contribution in [0.5, 0.6) is 0 Å². The molecule has 2 amide bonds. The number of likely N-dealkylation sites (N-methyl/N-ethyl adjacent to an activating group) is 2. The Bertz CT molecular complexity index is 1570. The molecule has 0 bridgehead atoms. The summed E-state index contributed by atoms with van der Waals surface area (Å²) in [5, 5.41) is 0. The van der Waals surface area contributed by atoms with Gasteiger partial charge in [-0.05, 0) is 77.1 Å². The lowest BCUT2D eigenvalue weighted by molar-refractivity contribution is -0.174. The molecular formula is C39H52F4N2O9. The van der Waals surface area contributed by atoms with Gasteiger partial charge in [0, 0.05) is 26.9 Å². The van der Waals surface area contributed by atoms with Crippen LogP contribution in [0.2, 0.25) is 0 Å². The van der Waals surface area contributed by atoms with Crippen LogP contribution in [0.4, 0.5) is 22.4 Å². The van der Waals surface area contributed by atoms with E-state index in [1.54, 1.807) is 65.0 Å². The van der Waals surface area contributed by atoms with Crippen LogP contribution in [0.1, 0.15) is 84.9 Å². The Morgan fingerprint density at radius 1 is 0.704 bits per heavy atom. The van der Waals surface area contributed by atoms with Gasteiger partial charge in [-0.3, -0.25) is 9.69 Å². The van der Waals surface area contributed by atoms with E-state index in [0.29, 0.717) is 5.56 Å². The fourth-order valence-corrected chi connectivity index (χ4v) is 5.13. The third-order valence-electron chi connectivity index (χ3n) is 7.97. The summed E-state index contributed by atoms with van der Waals surface area (Å²) in [4.78, 5) is 69.0. The van der Waals surface area contributed by atoms with Crippen molar-refractivity contribution < 1.29 is 60.5 Å². The molecule has 2 aromatic rings. The zero-order valence-electron chi connectivity index (χ0n) is 32.5. The van der Waals surface area contributed by atoms with E-state index in [0.717, 1.165) is 34.1 Å². The predicted octanol–water partition coefficient (Wildman–Crippen LogP) is 7.08. The molecule has 0 aliphatic rings. The van der Waals surface area contributed by atoms with E-state index in [-0.39, 0.29) is 24.5 Å². The molecule has 300 valence electrons. The van der Waals surface area contributed by atoms with E-state index in [1.165, 1.54) is 34.9 Å². The van der Waals surface area contributed by atoms with Crippen LogP contribution in [0.15, 0.2) is 54.6 Å². The minimum atomic E-state index is -4.64. The maximum atomic E-state index is 15.0. The molecule has 0 aliphatic carbocycles. The van der Waals surface area contributed by atoms with E-state index < -0.39 is 90.1 Å². The Labute approximate surface area is 314 Å². The van der Waals surface area contributed by atoms with E-state index >= 15 is 4.39 Å². The van der Waals surface area contributed by atoms with Crippen molar-refractivity contribution in [3.63, 3.8) is 0 Å². The van der Waals surface area contributed by atoms with Crippen molar-refractivity contribution in [2.75, 3.05) is 14.1 Å². The van der Waals surface area contributed by atoms with Gasteiger partial charge < -0.3 is 23.8 Å². The number of halogens is 4. The third-order valence-corrected chi connectivity index (χ3v) is 7.97. The molecule has 0 saturated carbocycles. The van der Waals surface area contributed by atoms with Crippen molar-refractivity contribution in [1.29, 1.82) is 0 Å². The number of carbonyl (C=O) groups excluding carboxylic acids is 5. The molecule has 4 atom stereocenters. The quantitative estimate of drug-likeness (QED) is 0.1000. The normalized spacial score (nSPS) is 14.3. The highest BCUT2D eigenvalue weighted by Gasteiger charge is 2.41. The van der Waals surface area contributed by atoms with Gasteiger partial charge in [0.1, 0.15) is 30.0 Å². The number of alkyl halides is 4. The summed E-state index contributed by atoms with van der Waals surface area (Å²) in [6, 6.07) is 9.69. The van der Waals surface area contributed by atoms with Gasteiger partial charge in [0.05, 0.1) is 5.56 Å². The van der Waals surface area contributed by atoms with Crippen molar-refractivity contribution in [1.82, 2.24) is 9.80 Å². The number of rotatable bonds is 16. The second-order valence-corrected chi connectivity index (χ2v) is 15.1. The Morgan fingerprint density at radius 3 is 1.76 bits per heavy atom. The number of amides is 2. The minimum Gasteiger partial charge on any atom is -0.458 e. The average Bonchev–Trinajstić information content (AvgIpc) is 3.06. The first-order valence-corrected chi connectivity index (χ1v) is 17.5. The van der Waals surface area contributed by atoms with Gasteiger partial charge in [-0.15, -0.1) is 0 Å². The van der Waals surface area contributed by atoms with Crippen molar-refractivity contribution in [2.45, 2.75) is 123 Å². The van der Waals surface area contributed by atoms with Crippen LogP contribution in [-0.2, 0) is 57.3 Å². The first-order chi connectivity index (χ1) is 24.8. The van der Waals surface area contributed by atoms with E-state index in [9.17, 15) is 37.1 Å². The van der Waals surface area contributed by atoms with Gasteiger partial charge >= 0.3 is 30.2 Å². The predicted molar refractivity (Wildman–Crippen MR) is 190 cm³/mol. The summed E-state index contributed by atoms with van der Waals surface area (Å²) < 4.78 is 76.7. The molecule has 2 aromatic carbocycles. The van der Waals surface area contributed by atoms with Gasteiger partial charge in [0.15, 0.2) is 12.2 Å². The summed E-state index contributed by atoms with van der Waals surface area (Å²) in [6.07, 6.45) is -9.75. The van der Waals surface area contributed by atoms with E-state index in [1.807, 2.05) is 0 Å². The number of benzene rings is 2. The lowest BCUT2D eigenvalue weighted by Crippen LogP contribution is -2.52. The van der Waals surface area contributed by atoms with Gasteiger partial charge in [-0.2, -0.15) is 13.2 Å². The molecule has 4 unspecified atom stereocenters. The number of ether oxygens (including phenoxy) is 4. The maximum absolute atomic E-state index is 15.0. The minimum absolute atomic E-state index is 0.0356. The summed E-state index contributed by atoms with van der Waals surface area (Å²) >= 11 is 0. The molecule has 0 fully saturated rings. The SMILES string of the molecule is CC(C)CC(C(=O)OC(C)C(=O)OCc1ccccc1)N(C)C(=O)C(Cc1ccc(C(F)(F)F)cc1)OC(=O)C(CC(C)(C)F)N(C)C(=O)OC(C)(C)C. The van der Waals surface area contributed by atoms with Crippen molar-refractivity contribution in [3.8, 4) is 0 Å². The molecule has 0 N–H and O–H groups in total. The van der Waals surface area contributed by atoms with Gasteiger partial charge in [-0.1, -0.05) is 56.3 Å². The monoisotopic (exact) mass is 768 g/mol. The first-order valence-electron chi connectivity index (χ1n) is 17.5. The largest absolute Gasteiger partial charge is 0.458 e. The molecule has 0 aliphatic heterocycles. The lowest BCUT2D eigenvalue weighted by Gasteiger charge is -2.34. The average molecular weight is 769 g/mol. The number of esters is 3. The second-order valence-electron chi connectivity index (χ2n) is 15.1. The first kappa shape index (κ1) is 45.5. The molecule has 0 aromatic heterocycles. The molecule has 0 spiro atoms. The van der Waals surface area contributed by atoms with Crippen LogP contribution < -0.4 is 0 Å². The van der Waals surface area contributed by atoms with E-state index in [2.05, 4.69) is 0 Å². The summed E-state index contributed by atoms with van der Waals surface area (Å²) in [6.45, 7) is 11.9. The number of nitrogens with zero attached hydrogens (tertiary/aromatic N) is 2. The van der Waals surface area contributed by atoms with Crippen molar-refractivity contribution >= 4 is 29.9 Å². The Morgan fingerprint density at radius 2 is 1.26 bits per heavy atom. The second kappa shape index (κ2) is 19.1. The molecule has 0 heterocycles. The third kappa shape index (κ3) is 15.0. The topological polar surface area (TPSA) is 129 Å². The van der Waals surface area contributed by atoms with E-state index in [4.69, 9.17) is 18.9 Å². The molecular weight excluding hydrogens is 716 g/mol. The van der Waals surface area contributed by atoms with Gasteiger partial charge in [-0.25, -0.2) is 23.6 Å². The molecule has 2 rings (SSSR count). The van der Waals surface area contributed by atoms with Gasteiger partial charge in [0.2, 0.25) is 0 Å². The van der Waals surface area contributed by atoms with Crippen molar-refractivity contribution in [3.05, 3.63) is 71.3 Å². The van der Waals surface area contributed by atoms with Gasteiger partial charge in [0.25, 0.3) is 5.91 Å². The summed E-state index contributed by atoms with van der Waals surface area (Å²) in [5.74, 6) is -4.17. The Hall–Kier alpha value is -4.69. The van der Waals surface area contributed by atoms with Crippen LogP contribution in [-0.4, -0.2) is 89.4 Å².